The van der Waals surface area contributed by atoms with Gasteiger partial charge in [-0.25, -0.2) is 9.59 Å². The number of carbonyl (C=O) groups is 2. The molecule has 6 heteroatoms. The van der Waals surface area contributed by atoms with Gasteiger partial charge < -0.3 is 20.4 Å². The van der Waals surface area contributed by atoms with Gasteiger partial charge in [-0.1, -0.05) is 51.0 Å². The van der Waals surface area contributed by atoms with E-state index in [1.807, 2.05) is 0 Å². The largest absolute Gasteiger partial charge is 0.478 e. The Kier molecular flexibility index (Phi) is 12.7. The first-order chi connectivity index (χ1) is 12.2. The van der Waals surface area contributed by atoms with Gasteiger partial charge in [-0.15, -0.1) is 0 Å². The van der Waals surface area contributed by atoms with Gasteiger partial charge in [0.2, 0.25) is 0 Å². The molecular weight excluding hydrogens is 336 g/mol. The molecular formula is C20H34O6. The summed E-state index contributed by atoms with van der Waals surface area (Å²) in [6.07, 6.45) is 13.0. The van der Waals surface area contributed by atoms with Gasteiger partial charge in [0.1, 0.15) is 0 Å². The molecule has 0 unspecified atom stereocenters. The molecule has 0 spiro atoms. The summed E-state index contributed by atoms with van der Waals surface area (Å²) in [6, 6.07) is 0. The highest BCUT2D eigenvalue weighted by molar-refractivity contribution is 5.86. The van der Waals surface area contributed by atoms with Gasteiger partial charge in [0.05, 0.1) is 0 Å². The standard InChI is InChI=1S/C20H34O6/c1-16(18(21)22)13-11-9-7-5-3-4-6-8-10-12-14-20(25,26)15-17(2)19(23)24/h13,15,25-26H,3-12,14H2,1-2H3,(H,21,22)(H,23,24). The molecule has 0 bridgehead atoms. The molecule has 0 saturated heterocycles. The minimum atomic E-state index is -2.05. The molecule has 0 aromatic rings. The first-order valence-corrected chi connectivity index (χ1v) is 9.43. The predicted molar refractivity (Wildman–Crippen MR) is 101 cm³/mol. The smallest absolute Gasteiger partial charge is 0.331 e. The summed E-state index contributed by atoms with van der Waals surface area (Å²) in [5, 5.41) is 36.9. The second kappa shape index (κ2) is 13.5. The molecule has 6 nitrogen and oxygen atoms in total. The summed E-state index contributed by atoms with van der Waals surface area (Å²) in [5.41, 5.74) is 0.344. The Labute approximate surface area is 156 Å². The fourth-order valence-corrected chi connectivity index (χ4v) is 2.65. The number of aliphatic carboxylic acids is 2. The molecule has 0 rings (SSSR count). The fraction of sp³-hybridized carbons (Fsp3) is 0.700. The lowest BCUT2D eigenvalue weighted by atomic mass is 10.0. The van der Waals surface area contributed by atoms with E-state index < -0.39 is 17.7 Å². The lowest BCUT2D eigenvalue weighted by Gasteiger charge is -2.17. The van der Waals surface area contributed by atoms with Crippen molar-refractivity contribution in [2.45, 2.75) is 90.3 Å². The van der Waals surface area contributed by atoms with Crippen molar-refractivity contribution in [3.63, 3.8) is 0 Å². The highest BCUT2D eigenvalue weighted by Gasteiger charge is 2.20. The van der Waals surface area contributed by atoms with Crippen LogP contribution in [0.3, 0.4) is 0 Å². The van der Waals surface area contributed by atoms with Crippen LogP contribution in [0.15, 0.2) is 23.3 Å². The van der Waals surface area contributed by atoms with Crippen LogP contribution in [-0.2, 0) is 9.59 Å². The van der Waals surface area contributed by atoms with Crippen molar-refractivity contribution in [1.29, 1.82) is 0 Å². The van der Waals surface area contributed by atoms with Crippen LogP contribution in [0.25, 0.3) is 0 Å². The monoisotopic (exact) mass is 370 g/mol. The molecule has 0 aromatic heterocycles. The van der Waals surface area contributed by atoms with Crippen molar-refractivity contribution in [3.05, 3.63) is 23.3 Å². The third-order valence-corrected chi connectivity index (χ3v) is 4.32. The van der Waals surface area contributed by atoms with E-state index in [9.17, 15) is 19.8 Å². The molecule has 0 atom stereocenters. The Hall–Kier alpha value is -1.66. The molecule has 0 radical (unpaired) electrons. The van der Waals surface area contributed by atoms with Crippen LogP contribution in [0.5, 0.6) is 0 Å². The number of unbranched alkanes of at least 4 members (excludes halogenated alkanes) is 9. The summed E-state index contributed by atoms with van der Waals surface area (Å²) in [5.74, 6) is -4.04. The van der Waals surface area contributed by atoms with Gasteiger partial charge >= 0.3 is 11.9 Å². The second-order valence-corrected chi connectivity index (χ2v) is 6.92. The van der Waals surface area contributed by atoms with Crippen molar-refractivity contribution in [2.24, 2.45) is 0 Å². The SMILES string of the molecule is CC(=CCCCCCCCCCCCC(O)(O)C=C(C)C(=O)O)C(=O)O. The quantitative estimate of drug-likeness (QED) is 0.197. The van der Waals surface area contributed by atoms with Gasteiger partial charge in [-0.2, -0.15) is 0 Å². The molecule has 0 aliphatic carbocycles. The van der Waals surface area contributed by atoms with E-state index >= 15 is 0 Å². The zero-order chi connectivity index (χ0) is 20.0. The number of hydrogen-bond acceptors (Lipinski definition) is 4. The molecule has 0 heterocycles. The molecule has 0 fully saturated rings. The number of aliphatic hydroxyl groups is 2. The zero-order valence-electron chi connectivity index (χ0n) is 16.0. The summed E-state index contributed by atoms with van der Waals surface area (Å²) >= 11 is 0. The highest BCUT2D eigenvalue weighted by Crippen LogP contribution is 2.17. The topological polar surface area (TPSA) is 115 Å². The summed E-state index contributed by atoms with van der Waals surface area (Å²) < 4.78 is 0. The Morgan fingerprint density at radius 3 is 1.62 bits per heavy atom. The summed E-state index contributed by atoms with van der Waals surface area (Å²) in [6.45, 7) is 2.96. The van der Waals surface area contributed by atoms with Crippen LogP contribution < -0.4 is 0 Å². The first-order valence-electron chi connectivity index (χ1n) is 9.43. The predicted octanol–water partition coefficient (Wildman–Crippen LogP) is 4.02. The molecule has 150 valence electrons. The number of allylic oxidation sites excluding steroid dienone is 1. The maximum Gasteiger partial charge on any atom is 0.331 e. The molecule has 0 amide bonds. The Bertz CT molecular complexity index is 491. The average Bonchev–Trinajstić information content (AvgIpc) is 2.54. The maximum absolute atomic E-state index is 10.7. The average molecular weight is 370 g/mol. The third-order valence-electron chi connectivity index (χ3n) is 4.32. The van der Waals surface area contributed by atoms with Gasteiger partial charge in [0.25, 0.3) is 0 Å². The molecule has 0 saturated carbocycles. The zero-order valence-corrected chi connectivity index (χ0v) is 16.0. The Balaban J connectivity index is 3.57. The van der Waals surface area contributed by atoms with Crippen molar-refractivity contribution in [1.82, 2.24) is 0 Å². The third kappa shape index (κ3) is 13.6. The van der Waals surface area contributed by atoms with E-state index in [4.69, 9.17) is 10.2 Å². The Morgan fingerprint density at radius 2 is 1.15 bits per heavy atom. The number of hydrogen-bond donors (Lipinski definition) is 4. The van der Waals surface area contributed by atoms with E-state index in [1.54, 1.807) is 13.0 Å². The van der Waals surface area contributed by atoms with Crippen LogP contribution in [0.2, 0.25) is 0 Å². The van der Waals surface area contributed by atoms with Crippen LogP contribution >= 0.6 is 0 Å². The molecule has 4 N–H and O–H groups in total. The van der Waals surface area contributed by atoms with Crippen molar-refractivity contribution < 1.29 is 30.0 Å². The molecule has 26 heavy (non-hydrogen) atoms. The van der Waals surface area contributed by atoms with E-state index in [0.717, 1.165) is 63.9 Å². The van der Waals surface area contributed by atoms with Crippen molar-refractivity contribution in [2.75, 3.05) is 0 Å². The van der Waals surface area contributed by atoms with E-state index in [-0.39, 0.29) is 12.0 Å². The molecule has 0 aliphatic rings. The van der Waals surface area contributed by atoms with Crippen LogP contribution in [0.4, 0.5) is 0 Å². The lowest BCUT2D eigenvalue weighted by Crippen LogP contribution is -2.26. The summed E-state index contributed by atoms with van der Waals surface area (Å²) in [7, 11) is 0. The Morgan fingerprint density at radius 1 is 0.731 bits per heavy atom. The van der Waals surface area contributed by atoms with Gasteiger partial charge in [0.15, 0.2) is 5.79 Å². The van der Waals surface area contributed by atoms with Gasteiger partial charge in [-0.3, -0.25) is 0 Å². The second-order valence-electron chi connectivity index (χ2n) is 6.92. The number of carboxylic acid groups (broad SMARTS) is 2. The maximum atomic E-state index is 10.7. The van der Waals surface area contributed by atoms with Gasteiger partial charge in [-0.05, 0) is 39.2 Å². The number of carboxylic acids is 2. The van der Waals surface area contributed by atoms with E-state index in [1.165, 1.54) is 6.92 Å². The van der Waals surface area contributed by atoms with Gasteiger partial charge in [0, 0.05) is 17.6 Å². The fourth-order valence-electron chi connectivity index (χ4n) is 2.65. The minimum Gasteiger partial charge on any atom is -0.478 e. The van der Waals surface area contributed by atoms with E-state index in [0.29, 0.717) is 12.0 Å². The molecule has 0 aliphatic heterocycles. The number of rotatable bonds is 15. The van der Waals surface area contributed by atoms with Crippen LogP contribution in [0, 0.1) is 0 Å². The van der Waals surface area contributed by atoms with Crippen LogP contribution in [-0.4, -0.2) is 38.2 Å². The summed E-state index contributed by atoms with van der Waals surface area (Å²) in [4.78, 5) is 21.3. The minimum absolute atomic E-state index is 0.0661. The van der Waals surface area contributed by atoms with E-state index in [2.05, 4.69) is 0 Å². The lowest BCUT2D eigenvalue weighted by molar-refractivity contribution is -0.136. The highest BCUT2D eigenvalue weighted by atomic mass is 16.5. The van der Waals surface area contributed by atoms with Crippen LogP contribution in [0.1, 0.15) is 84.5 Å². The first kappa shape index (κ1) is 24.3. The molecule has 0 aromatic carbocycles. The normalized spacial score (nSPS) is 13.1. The van der Waals surface area contributed by atoms with Crippen molar-refractivity contribution in [3.8, 4) is 0 Å². The van der Waals surface area contributed by atoms with Crippen molar-refractivity contribution >= 4 is 11.9 Å².